The van der Waals surface area contributed by atoms with Gasteiger partial charge < -0.3 is 10.6 Å². The molecular weight excluding hydrogens is 577 g/mol. The highest BCUT2D eigenvalue weighted by Crippen LogP contribution is 2.42. The van der Waals surface area contributed by atoms with Crippen LogP contribution in [0.2, 0.25) is 5.02 Å². The van der Waals surface area contributed by atoms with Crippen LogP contribution in [-0.2, 0) is 6.18 Å². The van der Waals surface area contributed by atoms with Crippen molar-refractivity contribution in [3.63, 3.8) is 0 Å². The third kappa shape index (κ3) is 5.05. The molecule has 0 spiro atoms. The van der Waals surface area contributed by atoms with Crippen LogP contribution in [0.5, 0.6) is 0 Å². The van der Waals surface area contributed by atoms with E-state index >= 15 is 0 Å². The number of aromatic nitrogens is 1. The Morgan fingerprint density at radius 1 is 0.905 bits per heavy atom. The van der Waals surface area contributed by atoms with Gasteiger partial charge in [0.25, 0.3) is 11.8 Å². The summed E-state index contributed by atoms with van der Waals surface area (Å²) in [5.74, 6) is -3.46. The molecule has 0 aliphatic carbocycles. The highest BCUT2D eigenvalue weighted by Gasteiger charge is 2.36. The molecule has 0 unspecified atom stereocenters. The summed E-state index contributed by atoms with van der Waals surface area (Å²) < 4.78 is 68.3. The molecule has 2 N–H and O–H groups in total. The van der Waals surface area contributed by atoms with Crippen molar-refractivity contribution >= 4 is 40.0 Å². The first-order chi connectivity index (χ1) is 20.0. The number of carbonyl (C=O) groups is 2. The third-order valence-corrected chi connectivity index (χ3v) is 7.27. The maximum Gasteiger partial charge on any atom is 0.416 e. The molecule has 2 amide bonds. The van der Waals surface area contributed by atoms with E-state index in [0.717, 1.165) is 23.0 Å². The number of fused-ring (bicyclic) bond motifs is 2. The van der Waals surface area contributed by atoms with Crippen molar-refractivity contribution in [1.29, 1.82) is 0 Å². The number of amides is 2. The number of anilines is 1. The highest BCUT2D eigenvalue weighted by atomic mass is 35.5. The molecule has 1 aliphatic rings. The fourth-order valence-electron chi connectivity index (χ4n) is 5.01. The van der Waals surface area contributed by atoms with Gasteiger partial charge in [-0.05, 0) is 77.9 Å². The summed E-state index contributed by atoms with van der Waals surface area (Å²) in [6.45, 7) is 0. The maximum absolute atomic E-state index is 14.2. The van der Waals surface area contributed by atoms with Crippen molar-refractivity contribution < 1.29 is 31.5 Å². The fourth-order valence-corrected chi connectivity index (χ4v) is 5.23. The second-order valence-corrected chi connectivity index (χ2v) is 10.1. The molecule has 1 aromatic heterocycles. The summed E-state index contributed by atoms with van der Waals surface area (Å²) in [5.41, 5.74) is 0.544. The average molecular weight is 594 g/mol. The van der Waals surface area contributed by atoms with Crippen molar-refractivity contribution in [2.24, 2.45) is 0 Å². The van der Waals surface area contributed by atoms with Crippen LogP contribution in [-0.4, -0.2) is 16.8 Å². The van der Waals surface area contributed by atoms with Crippen molar-refractivity contribution in [3.05, 3.63) is 130 Å². The van der Waals surface area contributed by atoms with Gasteiger partial charge in [-0.1, -0.05) is 23.7 Å². The standard InChI is InChI=1S/C31H17ClF5N3O2/c32-24-5-4-20(33)14-22(24)28-27-23(30(42)40-28)11-17(15-3-6-25-16(8-15)2-1-7-38-25)12-26(27)39-29(41)18-9-19(31(35,36)37)13-21(34)10-18/h1-14,28H,(H,39,41)(H,40,42)/t28-/m0/s1. The van der Waals surface area contributed by atoms with E-state index in [2.05, 4.69) is 15.6 Å². The van der Waals surface area contributed by atoms with Gasteiger partial charge in [-0.15, -0.1) is 0 Å². The zero-order valence-corrected chi connectivity index (χ0v) is 21.9. The molecule has 0 fully saturated rings. The van der Waals surface area contributed by atoms with Crippen molar-refractivity contribution in [2.45, 2.75) is 12.2 Å². The molecule has 0 radical (unpaired) electrons. The van der Waals surface area contributed by atoms with Crippen molar-refractivity contribution in [1.82, 2.24) is 10.3 Å². The maximum atomic E-state index is 14.2. The molecule has 210 valence electrons. The molecule has 6 rings (SSSR count). The van der Waals surface area contributed by atoms with Gasteiger partial charge in [0, 0.05) is 44.5 Å². The van der Waals surface area contributed by atoms with Gasteiger partial charge in [0.2, 0.25) is 0 Å². The minimum atomic E-state index is -4.89. The van der Waals surface area contributed by atoms with E-state index in [1.165, 1.54) is 6.07 Å². The number of nitrogens with zero attached hydrogens (tertiary/aromatic N) is 1. The summed E-state index contributed by atoms with van der Waals surface area (Å²) in [6, 6.07) is 16.2. The van der Waals surface area contributed by atoms with E-state index in [4.69, 9.17) is 11.6 Å². The monoisotopic (exact) mass is 593 g/mol. The Morgan fingerprint density at radius 2 is 1.71 bits per heavy atom. The topological polar surface area (TPSA) is 71.1 Å². The zero-order chi connectivity index (χ0) is 29.8. The lowest BCUT2D eigenvalue weighted by Gasteiger charge is -2.19. The van der Waals surface area contributed by atoms with Crippen LogP contribution in [0.1, 0.15) is 43.4 Å². The summed E-state index contributed by atoms with van der Waals surface area (Å²) in [5, 5.41) is 6.23. The minimum absolute atomic E-state index is 0.0419. The predicted octanol–water partition coefficient (Wildman–Crippen LogP) is 7.94. The number of hydrogen-bond acceptors (Lipinski definition) is 3. The molecule has 4 aromatic carbocycles. The number of pyridine rings is 1. The van der Waals surface area contributed by atoms with Crippen LogP contribution in [0.3, 0.4) is 0 Å². The van der Waals surface area contributed by atoms with Gasteiger partial charge in [-0.3, -0.25) is 14.6 Å². The number of nitrogens with one attached hydrogen (secondary N) is 2. The van der Waals surface area contributed by atoms with Crippen molar-refractivity contribution in [3.8, 4) is 11.1 Å². The number of halogens is 6. The molecule has 0 bridgehead atoms. The largest absolute Gasteiger partial charge is 0.416 e. The lowest BCUT2D eigenvalue weighted by Crippen LogP contribution is -2.21. The van der Waals surface area contributed by atoms with Gasteiger partial charge in [-0.2, -0.15) is 13.2 Å². The SMILES string of the molecule is O=C(Nc1cc(-c2ccc3ncccc3c2)cc2c1[C@H](c1cc(F)ccc1Cl)NC2=O)c1cc(F)cc(C(F)(F)F)c1. The molecule has 0 saturated carbocycles. The van der Waals surface area contributed by atoms with Crippen LogP contribution in [0.25, 0.3) is 22.0 Å². The Morgan fingerprint density at radius 3 is 2.50 bits per heavy atom. The Bertz CT molecular complexity index is 1930. The first-order valence-corrected chi connectivity index (χ1v) is 12.8. The second-order valence-electron chi connectivity index (χ2n) is 9.65. The highest BCUT2D eigenvalue weighted by molar-refractivity contribution is 6.31. The van der Waals surface area contributed by atoms with Crippen LogP contribution in [0, 0.1) is 11.6 Å². The molecule has 42 heavy (non-hydrogen) atoms. The van der Waals surface area contributed by atoms with Gasteiger partial charge in [0.05, 0.1) is 17.1 Å². The number of carbonyl (C=O) groups excluding carboxylic acids is 2. The van der Waals surface area contributed by atoms with E-state index in [1.54, 1.807) is 36.5 Å². The quantitative estimate of drug-likeness (QED) is 0.208. The first kappa shape index (κ1) is 27.3. The smallest absolute Gasteiger partial charge is 0.341 e. The van der Waals surface area contributed by atoms with Crippen LogP contribution < -0.4 is 10.6 Å². The van der Waals surface area contributed by atoms with Crippen LogP contribution in [0.15, 0.2) is 85.1 Å². The second kappa shape index (κ2) is 10.2. The minimum Gasteiger partial charge on any atom is -0.341 e. The molecule has 11 heteroatoms. The number of benzene rings is 4. The summed E-state index contributed by atoms with van der Waals surface area (Å²) >= 11 is 6.35. The third-order valence-electron chi connectivity index (χ3n) is 6.93. The summed E-state index contributed by atoms with van der Waals surface area (Å²) in [6.07, 6.45) is -3.25. The Hall–Kier alpha value is -4.83. The molecule has 0 saturated heterocycles. The average Bonchev–Trinajstić information content (AvgIpc) is 3.29. The Labute approximate surface area is 240 Å². The summed E-state index contributed by atoms with van der Waals surface area (Å²) in [4.78, 5) is 30.8. The molecule has 5 nitrogen and oxygen atoms in total. The van der Waals surface area contributed by atoms with Gasteiger partial charge in [0.1, 0.15) is 11.6 Å². The molecule has 1 atom stereocenters. The Balaban J connectivity index is 1.51. The molecule has 2 heterocycles. The normalized spacial score (nSPS) is 14.5. The molecular formula is C31H17ClF5N3O2. The van der Waals surface area contributed by atoms with Gasteiger partial charge in [0.15, 0.2) is 0 Å². The molecule has 5 aromatic rings. The van der Waals surface area contributed by atoms with Gasteiger partial charge in [-0.25, -0.2) is 8.78 Å². The van der Waals surface area contributed by atoms with E-state index in [0.29, 0.717) is 23.3 Å². The van der Waals surface area contributed by atoms with Gasteiger partial charge >= 0.3 is 6.18 Å². The lowest BCUT2D eigenvalue weighted by atomic mass is 9.92. The number of rotatable bonds is 4. The van der Waals surface area contributed by atoms with Crippen molar-refractivity contribution in [2.75, 3.05) is 5.32 Å². The lowest BCUT2D eigenvalue weighted by molar-refractivity contribution is -0.137. The van der Waals surface area contributed by atoms with E-state index in [1.807, 2.05) is 12.1 Å². The predicted molar refractivity (Wildman–Crippen MR) is 147 cm³/mol. The fraction of sp³-hybridized carbons (Fsp3) is 0.0645. The van der Waals surface area contributed by atoms with E-state index in [-0.39, 0.29) is 33.5 Å². The van der Waals surface area contributed by atoms with E-state index < -0.39 is 46.8 Å². The van der Waals surface area contributed by atoms with E-state index in [9.17, 15) is 31.5 Å². The summed E-state index contributed by atoms with van der Waals surface area (Å²) in [7, 11) is 0. The molecule has 1 aliphatic heterocycles. The number of alkyl halides is 3. The number of hydrogen-bond donors (Lipinski definition) is 2. The van der Waals surface area contributed by atoms with Crippen LogP contribution >= 0.6 is 11.6 Å². The first-order valence-electron chi connectivity index (χ1n) is 12.5. The zero-order valence-electron chi connectivity index (χ0n) is 21.2. The van der Waals surface area contributed by atoms with Crippen LogP contribution in [0.4, 0.5) is 27.6 Å². The Kier molecular flexibility index (Phi) is 6.65.